The molecule has 0 atom stereocenters. The van der Waals surface area contributed by atoms with Crippen LogP contribution in [0.25, 0.3) is 0 Å². The fraction of sp³-hybridized carbons (Fsp3) is 0.913. The molecule has 0 amide bonds. The molecular weight excluding hydrogens is 322 g/mol. The van der Waals surface area contributed by atoms with Gasteiger partial charge in [0.1, 0.15) is 0 Å². The molecule has 0 rings (SSSR count). The van der Waals surface area contributed by atoms with Crippen molar-refractivity contribution in [1.82, 2.24) is 5.32 Å². The van der Waals surface area contributed by atoms with Gasteiger partial charge in [0.25, 0.3) is 0 Å². The third-order valence-electron chi connectivity index (χ3n) is 4.89. The summed E-state index contributed by atoms with van der Waals surface area (Å²) in [5, 5.41) is 12.0. The predicted molar refractivity (Wildman–Crippen MR) is 115 cm³/mol. The van der Waals surface area contributed by atoms with Gasteiger partial charge in [-0.3, -0.25) is 0 Å². The quantitative estimate of drug-likeness (QED) is 0.231. The molecule has 2 N–H and O–H groups in total. The van der Waals surface area contributed by atoms with Crippen molar-refractivity contribution in [1.29, 1.82) is 0 Å². The van der Waals surface area contributed by atoms with Crippen molar-refractivity contribution in [2.24, 2.45) is 0 Å². The lowest BCUT2D eigenvalue weighted by Crippen LogP contribution is -2.18. The summed E-state index contributed by atoms with van der Waals surface area (Å²) < 4.78 is 5.22. The summed E-state index contributed by atoms with van der Waals surface area (Å²) >= 11 is 0. The Kier molecular flexibility index (Phi) is 22.0. The molecule has 0 radical (unpaired) electrons. The van der Waals surface area contributed by atoms with Gasteiger partial charge in [0, 0.05) is 12.2 Å². The molecule has 0 aromatic rings. The number of aliphatic hydroxyl groups is 1. The lowest BCUT2D eigenvalue weighted by molar-refractivity contribution is 0.0950. The van der Waals surface area contributed by atoms with Crippen LogP contribution in [0.2, 0.25) is 0 Å². The highest BCUT2D eigenvalue weighted by Gasteiger charge is 1.94. The monoisotopic (exact) mass is 369 g/mol. The van der Waals surface area contributed by atoms with Gasteiger partial charge < -0.3 is 15.2 Å². The van der Waals surface area contributed by atoms with Gasteiger partial charge in [-0.2, -0.15) is 0 Å². The molecule has 3 heteroatoms. The minimum absolute atomic E-state index is 0.105. The van der Waals surface area contributed by atoms with Gasteiger partial charge in [0.15, 0.2) is 0 Å². The topological polar surface area (TPSA) is 41.5 Å². The predicted octanol–water partition coefficient (Wildman–Crippen LogP) is 6.36. The Morgan fingerprint density at radius 3 is 1.77 bits per heavy atom. The van der Waals surface area contributed by atoms with Crippen LogP contribution in [0.3, 0.4) is 0 Å². The smallest absolute Gasteiger partial charge is 0.0698 e. The van der Waals surface area contributed by atoms with Crippen molar-refractivity contribution in [2.45, 2.75) is 110 Å². The Hall–Kier alpha value is -0.540. The van der Waals surface area contributed by atoms with Crippen LogP contribution in [0.4, 0.5) is 0 Å². The van der Waals surface area contributed by atoms with Crippen LogP contribution in [0.1, 0.15) is 110 Å². The van der Waals surface area contributed by atoms with E-state index in [4.69, 9.17) is 9.84 Å². The van der Waals surface area contributed by atoms with E-state index in [1.165, 1.54) is 102 Å². The Morgan fingerprint density at radius 2 is 1.27 bits per heavy atom. The standard InChI is InChI=1S/C23H47NO2/c1-3-4-5-6-7-8-9-10-11-12-13-14-15-16-17-18-23(2)24-19-21-26-22-20-25/h18,24-25H,3-17,19-22H2,1-2H3. The zero-order chi connectivity index (χ0) is 19.1. The zero-order valence-corrected chi connectivity index (χ0v) is 17.9. The van der Waals surface area contributed by atoms with Gasteiger partial charge in [0.2, 0.25) is 0 Å². The maximum Gasteiger partial charge on any atom is 0.0698 e. The highest BCUT2D eigenvalue weighted by molar-refractivity contribution is 4.94. The Labute approximate surface area is 164 Å². The van der Waals surface area contributed by atoms with Crippen molar-refractivity contribution in [3.8, 4) is 0 Å². The van der Waals surface area contributed by atoms with Crippen LogP contribution >= 0.6 is 0 Å². The van der Waals surface area contributed by atoms with E-state index in [0.717, 1.165) is 6.54 Å². The number of ether oxygens (including phenoxy) is 1. The van der Waals surface area contributed by atoms with Gasteiger partial charge in [-0.15, -0.1) is 0 Å². The number of rotatable bonds is 21. The van der Waals surface area contributed by atoms with Crippen LogP contribution in [-0.4, -0.2) is 31.5 Å². The van der Waals surface area contributed by atoms with Gasteiger partial charge >= 0.3 is 0 Å². The highest BCUT2D eigenvalue weighted by atomic mass is 16.5. The van der Waals surface area contributed by atoms with Crippen molar-refractivity contribution in [3.05, 3.63) is 11.8 Å². The first-order valence-corrected chi connectivity index (χ1v) is 11.4. The molecule has 0 saturated carbocycles. The summed E-state index contributed by atoms with van der Waals surface area (Å²) in [5.41, 5.74) is 1.24. The van der Waals surface area contributed by atoms with Crippen molar-refractivity contribution in [3.63, 3.8) is 0 Å². The number of nitrogens with one attached hydrogen (secondary N) is 1. The molecule has 0 spiro atoms. The van der Waals surface area contributed by atoms with Crippen molar-refractivity contribution in [2.75, 3.05) is 26.4 Å². The molecule has 0 aliphatic carbocycles. The van der Waals surface area contributed by atoms with Gasteiger partial charge in [-0.1, -0.05) is 96.5 Å². The van der Waals surface area contributed by atoms with Gasteiger partial charge in [-0.25, -0.2) is 0 Å². The van der Waals surface area contributed by atoms with Crippen LogP contribution in [0.15, 0.2) is 11.8 Å². The molecule has 3 nitrogen and oxygen atoms in total. The van der Waals surface area contributed by atoms with E-state index < -0.39 is 0 Å². The lowest BCUT2D eigenvalue weighted by Gasteiger charge is -2.07. The molecule has 0 heterocycles. The third kappa shape index (κ3) is 21.5. The van der Waals surface area contributed by atoms with E-state index in [2.05, 4.69) is 25.2 Å². The summed E-state index contributed by atoms with van der Waals surface area (Å²) in [6.07, 6.45) is 23.3. The molecule has 0 fully saturated rings. The second kappa shape index (κ2) is 22.5. The molecule has 0 aromatic heterocycles. The number of hydrogen-bond acceptors (Lipinski definition) is 3. The minimum atomic E-state index is 0.105. The summed E-state index contributed by atoms with van der Waals surface area (Å²) in [6.45, 7) is 6.42. The maximum atomic E-state index is 8.62. The highest BCUT2D eigenvalue weighted by Crippen LogP contribution is 2.13. The molecule has 0 aliphatic heterocycles. The van der Waals surface area contributed by atoms with Crippen LogP contribution in [0.5, 0.6) is 0 Å². The molecular formula is C23H47NO2. The van der Waals surface area contributed by atoms with E-state index in [1.807, 2.05) is 0 Å². The summed E-state index contributed by atoms with van der Waals surface area (Å²) in [7, 11) is 0. The molecule has 26 heavy (non-hydrogen) atoms. The summed E-state index contributed by atoms with van der Waals surface area (Å²) in [6, 6.07) is 0. The fourth-order valence-electron chi connectivity index (χ4n) is 3.22. The molecule has 0 aliphatic rings. The second-order valence-corrected chi connectivity index (χ2v) is 7.53. The van der Waals surface area contributed by atoms with E-state index in [9.17, 15) is 0 Å². The largest absolute Gasteiger partial charge is 0.394 e. The Morgan fingerprint density at radius 1 is 0.769 bits per heavy atom. The fourth-order valence-corrected chi connectivity index (χ4v) is 3.22. The Balaban J connectivity index is 3.17. The van der Waals surface area contributed by atoms with E-state index in [-0.39, 0.29) is 6.61 Å². The minimum Gasteiger partial charge on any atom is -0.394 e. The summed E-state index contributed by atoms with van der Waals surface area (Å²) in [4.78, 5) is 0. The Bertz CT molecular complexity index is 292. The SMILES string of the molecule is CCCCCCCCCCCCCCCCC=C(C)NCCOCCO. The van der Waals surface area contributed by atoms with Gasteiger partial charge in [0.05, 0.1) is 19.8 Å². The average Bonchev–Trinajstić information content (AvgIpc) is 2.64. The summed E-state index contributed by atoms with van der Waals surface area (Å²) in [5.74, 6) is 0. The lowest BCUT2D eigenvalue weighted by atomic mass is 10.0. The number of allylic oxidation sites excluding steroid dienone is 2. The van der Waals surface area contributed by atoms with Crippen molar-refractivity contribution >= 4 is 0 Å². The first-order chi connectivity index (χ1) is 12.8. The second-order valence-electron chi connectivity index (χ2n) is 7.53. The number of unbranched alkanes of at least 4 members (excludes halogenated alkanes) is 14. The normalized spacial score (nSPS) is 11.9. The first-order valence-electron chi connectivity index (χ1n) is 11.4. The zero-order valence-electron chi connectivity index (χ0n) is 17.9. The van der Waals surface area contributed by atoms with E-state index >= 15 is 0 Å². The van der Waals surface area contributed by atoms with Crippen LogP contribution < -0.4 is 5.32 Å². The van der Waals surface area contributed by atoms with Crippen molar-refractivity contribution < 1.29 is 9.84 Å². The van der Waals surface area contributed by atoms with E-state index in [1.54, 1.807) is 0 Å². The average molecular weight is 370 g/mol. The maximum absolute atomic E-state index is 8.62. The molecule has 0 saturated heterocycles. The van der Waals surface area contributed by atoms with Crippen LogP contribution in [0, 0.1) is 0 Å². The number of aliphatic hydroxyl groups excluding tert-OH is 1. The van der Waals surface area contributed by atoms with E-state index in [0.29, 0.717) is 13.2 Å². The van der Waals surface area contributed by atoms with Gasteiger partial charge in [-0.05, 0) is 19.8 Å². The third-order valence-corrected chi connectivity index (χ3v) is 4.89. The molecule has 0 unspecified atom stereocenters. The van der Waals surface area contributed by atoms with Crippen LogP contribution in [-0.2, 0) is 4.74 Å². The molecule has 0 aromatic carbocycles. The molecule has 156 valence electrons. The number of hydrogen-bond donors (Lipinski definition) is 2. The first kappa shape index (κ1) is 25.5. The molecule has 0 bridgehead atoms.